The van der Waals surface area contributed by atoms with Gasteiger partial charge in [0, 0.05) is 32.1 Å². The smallest absolute Gasteiger partial charge is 0.308 e. The van der Waals surface area contributed by atoms with Crippen molar-refractivity contribution in [3.8, 4) is 5.75 Å². The summed E-state index contributed by atoms with van der Waals surface area (Å²) in [5.74, 6) is -0.0408. The molecule has 2 aliphatic carbocycles. The van der Waals surface area contributed by atoms with Gasteiger partial charge in [-0.2, -0.15) is 0 Å². The van der Waals surface area contributed by atoms with E-state index in [1.165, 1.54) is 13.8 Å². The Hall–Kier alpha value is -1.92. The Balaban J connectivity index is 0.00000210. The molecule has 6 nitrogen and oxygen atoms in total. The van der Waals surface area contributed by atoms with Crippen LogP contribution in [-0.2, 0) is 31.0 Å². The number of hydrogen-bond acceptors (Lipinski definition) is 6. The van der Waals surface area contributed by atoms with Gasteiger partial charge in [-0.15, -0.1) is 12.4 Å². The van der Waals surface area contributed by atoms with Crippen LogP contribution in [0, 0.1) is 0 Å². The zero-order valence-electron chi connectivity index (χ0n) is 15.5. The van der Waals surface area contributed by atoms with Gasteiger partial charge >= 0.3 is 11.9 Å². The maximum Gasteiger partial charge on any atom is 0.308 e. The molecule has 1 saturated carbocycles. The second-order valence-corrected chi connectivity index (χ2v) is 7.65. The first-order valence-corrected chi connectivity index (χ1v) is 9.13. The van der Waals surface area contributed by atoms with Gasteiger partial charge in [-0.25, -0.2) is 0 Å². The molecular formula is C20H24ClNO5. The first-order valence-electron chi connectivity index (χ1n) is 9.13. The predicted molar refractivity (Wildman–Crippen MR) is 100 cm³/mol. The maximum atomic E-state index is 12.5. The van der Waals surface area contributed by atoms with Crippen molar-refractivity contribution < 1.29 is 23.9 Å². The topological polar surface area (TPSA) is 81.7 Å². The molecule has 146 valence electrons. The summed E-state index contributed by atoms with van der Waals surface area (Å²) in [6.45, 7) is 3.56. The van der Waals surface area contributed by atoms with E-state index >= 15 is 0 Å². The molecule has 1 aromatic carbocycles. The Morgan fingerprint density at radius 1 is 1.19 bits per heavy atom. The molecule has 1 heterocycles. The Morgan fingerprint density at radius 3 is 2.67 bits per heavy atom. The fourth-order valence-corrected chi connectivity index (χ4v) is 5.37. The first kappa shape index (κ1) is 19.8. The van der Waals surface area contributed by atoms with Gasteiger partial charge in [0.25, 0.3) is 0 Å². The van der Waals surface area contributed by atoms with Gasteiger partial charge in [0.1, 0.15) is 17.1 Å². The van der Waals surface area contributed by atoms with E-state index in [0.29, 0.717) is 31.4 Å². The monoisotopic (exact) mass is 393 g/mol. The molecule has 0 spiro atoms. The lowest BCUT2D eigenvalue weighted by Gasteiger charge is -2.61. The predicted octanol–water partition coefficient (Wildman–Crippen LogP) is 2.24. The number of nitrogens with one attached hydrogen (secondary N) is 1. The highest BCUT2D eigenvalue weighted by atomic mass is 35.5. The number of halogens is 1. The van der Waals surface area contributed by atoms with Crippen LogP contribution >= 0.6 is 12.4 Å². The molecule has 0 radical (unpaired) electrons. The average Bonchev–Trinajstić information content (AvgIpc) is 2.55. The molecule has 3 aliphatic rings. The summed E-state index contributed by atoms with van der Waals surface area (Å²) >= 11 is 0. The molecule has 27 heavy (non-hydrogen) atoms. The van der Waals surface area contributed by atoms with Crippen LogP contribution < -0.4 is 10.1 Å². The SMILES string of the molecule is CC(=O)Oc1ccc2c(c1)[C@]13CCN[C@H](C2)C1(OC(C)=O)CCC(=O)C3.Cl. The number of esters is 2. The molecule has 2 bridgehead atoms. The van der Waals surface area contributed by atoms with E-state index in [4.69, 9.17) is 9.47 Å². The molecule has 2 fully saturated rings. The van der Waals surface area contributed by atoms with Crippen LogP contribution in [0.3, 0.4) is 0 Å². The van der Waals surface area contributed by atoms with E-state index in [9.17, 15) is 14.4 Å². The summed E-state index contributed by atoms with van der Waals surface area (Å²) < 4.78 is 11.3. The van der Waals surface area contributed by atoms with Crippen molar-refractivity contribution in [1.82, 2.24) is 5.32 Å². The van der Waals surface area contributed by atoms with Crippen LogP contribution in [0.4, 0.5) is 0 Å². The number of benzene rings is 1. The highest BCUT2D eigenvalue weighted by Gasteiger charge is 2.65. The highest BCUT2D eigenvalue weighted by Crippen LogP contribution is 2.57. The first-order chi connectivity index (χ1) is 12.4. The van der Waals surface area contributed by atoms with Gasteiger partial charge in [0.15, 0.2) is 0 Å². The van der Waals surface area contributed by atoms with Crippen LogP contribution in [0.25, 0.3) is 0 Å². The number of Topliss-reactive ketones (excluding diaryl/α,β-unsaturated/α-hetero) is 1. The van der Waals surface area contributed by atoms with Crippen LogP contribution in [0.1, 0.15) is 50.7 Å². The minimum absolute atomic E-state index is 0. The summed E-state index contributed by atoms with van der Waals surface area (Å²) in [6, 6.07) is 5.61. The normalized spacial score (nSPS) is 31.0. The van der Waals surface area contributed by atoms with E-state index in [1.807, 2.05) is 12.1 Å². The summed E-state index contributed by atoms with van der Waals surface area (Å²) in [4.78, 5) is 35.8. The molecule has 7 heteroatoms. The van der Waals surface area contributed by atoms with Crippen molar-refractivity contribution in [3.05, 3.63) is 29.3 Å². The quantitative estimate of drug-likeness (QED) is 0.613. The van der Waals surface area contributed by atoms with Crippen LogP contribution in [0.2, 0.25) is 0 Å². The standard InChI is InChI=1S/C20H23NO5.ClH/c1-12(22)25-16-4-3-14-9-18-20(26-13(2)23)6-5-15(24)11-19(20,7-8-21-18)17(14)10-16;/h3-4,10,18,21H,5-9,11H2,1-2H3;1H/t18-,19-,20?;/m1./s1. The molecule has 1 N–H and O–H groups in total. The number of ether oxygens (including phenoxy) is 2. The lowest BCUT2D eigenvalue weighted by atomic mass is 9.49. The fourth-order valence-electron chi connectivity index (χ4n) is 5.37. The Morgan fingerprint density at radius 2 is 1.96 bits per heavy atom. The van der Waals surface area contributed by atoms with Gasteiger partial charge in [-0.05, 0) is 49.1 Å². The minimum Gasteiger partial charge on any atom is -0.457 e. The number of carbonyl (C=O) groups is 3. The van der Waals surface area contributed by atoms with E-state index < -0.39 is 11.0 Å². The van der Waals surface area contributed by atoms with Crippen molar-refractivity contribution in [1.29, 1.82) is 0 Å². The van der Waals surface area contributed by atoms with E-state index in [-0.39, 0.29) is 36.2 Å². The lowest BCUT2D eigenvalue weighted by molar-refractivity contribution is -0.189. The number of piperidine rings is 1. The van der Waals surface area contributed by atoms with Crippen molar-refractivity contribution in [2.45, 2.75) is 63.0 Å². The molecular weight excluding hydrogens is 370 g/mol. The van der Waals surface area contributed by atoms with Crippen molar-refractivity contribution in [2.24, 2.45) is 0 Å². The second-order valence-electron chi connectivity index (χ2n) is 7.65. The summed E-state index contributed by atoms with van der Waals surface area (Å²) in [6.07, 6.45) is 2.74. The number of carbonyl (C=O) groups excluding carboxylic acids is 3. The number of ketones is 1. The van der Waals surface area contributed by atoms with Gasteiger partial charge in [0.2, 0.25) is 0 Å². The van der Waals surface area contributed by atoms with Gasteiger partial charge < -0.3 is 14.8 Å². The Bertz CT molecular complexity index is 810. The zero-order valence-corrected chi connectivity index (χ0v) is 16.3. The minimum atomic E-state index is -0.729. The zero-order chi connectivity index (χ0) is 18.5. The van der Waals surface area contributed by atoms with Crippen molar-refractivity contribution in [2.75, 3.05) is 6.54 Å². The largest absolute Gasteiger partial charge is 0.457 e. The highest BCUT2D eigenvalue weighted by molar-refractivity contribution is 5.85. The average molecular weight is 394 g/mol. The third kappa shape index (κ3) is 2.95. The lowest BCUT2D eigenvalue weighted by Crippen LogP contribution is -2.73. The van der Waals surface area contributed by atoms with Crippen LogP contribution in [0.5, 0.6) is 5.75 Å². The molecule has 1 saturated heterocycles. The van der Waals surface area contributed by atoms with Crippen LogP contribution in [-0.4, -0.2) is 35.9 Å². The molecule has 3 atom stereocenters. The van der Waals surface area contributed by atoms with Gasteiger partial charge in [-0.1, -0.05) is 6.07 Å². The van der Waals surface area contributed by atoms with Crippen LogP contribution in [0.15, 0.2) is 18.2 Å². The summed E-state index contributed by atoms with van der Waals surface area (Å²) in [5.41, 5.74) is 0.819. The molecule has 4 rings (SSSR count). The Kier molecular flexibility index (Phi) is 5.08. The third-order valence-electron chi connectivity index (χ3n) is 6.20. The second kappa shape index (κ2) is 6.91. The molecule has 1 aliphatic heterocycles. The number of hydrogen-bond donors (Lipinski definition) is 1. The maximum absolute atomic E-state index is 12.5. The van der Waals surface area contributed by atoms with Gasteiger partial charge in [0.05, 0.1) is 6.04 Å². The van der Waals surface area contributed by atoms with E-state index in [1.54, 1.807) is 6.07 Å². The van der Waals surface area contributed by atoms with E-state index in [0.717, 1.165) is 24.1 Å². The summed E-state index contributed by atoms with van der Waals surface area (Å²) in [7, 11) is 0. The third-order valence-corrected chi connectivity index (χ3v) is 6.20. The Labute approximate surface area is 164 Å². The number of rotatable bonds is 2. The number of fused-ring (bicyclic) bond motifs is 1. The van der Waals surface area contributed by atoms with Crippen molar-refractivity contribution >= 4 is 30.1 Å². The molecule has 0 aromatic heterocycles. The van der Waals surface area contributed by atoms with Gasteiger partial charge in [-0.3, -0.25) is 14.4 Å². The molecule has 1 unspecified atom stereocenters. The molecule has 0 amide bonds. The summed E-state index contributed by atoms with van der Waals surface area (Å²) in [5, 5.41) is 3.52. The fraction of sp³-hybridized carbons (Fsp3) is 0.550. The van der Waals surface area contributed by atoms with Crippen molar-refractivity contribution in [3.63, 3.8) is 0 Å². The molecule has 1 aromatic rings. The van der Waals surface area contributed by atoms with E-state index in [2.05, 4.69) is 5.32 Å².